The van der Waals surface area contributed by atoms with Gasteiger partial charge in [0.2, 0.25) is 5.91 Å². The van der Waals surface area contributed by atoms with Crippen LogP contribution in [0.4, 0.5) is 0 Å². The maximum absolute atomic E-state index is 13.8. The van der Waals surface area contributed by atoms with Gasteiger partial charge in [0.05, 0.1) is 6.10 Å². The monoisotopic (exact) mass is 482 g/mol. The average molecular weight is 483 g/mol. The summed E-state index contributed by atoms with van der Waals surface area (Å²) in [6.45, 7) is 16.3. The number of carboxylic acid groups (broad SMARTS) is 1. The lowest BCUT2D eigenvalue weighted by Crippen LogP contribution is -2.72. The van der Waals surface area contributed by atoms with Crippen molar-refractivity contribution in [2.24, 2.45) is 23.7 Å². The molecule has 0 aromatic carbocycles. The molecule has 0 aromatic heterocycles. The van der Waals surface area contributed by atoms with Gasteiger partial charge in [-0.1, -0.05) is 48.0 Å². The number of ether oxygens (including phenoxy) is 1. The van der Waals surface area contributed by atoms with E-state index in [9.17, 15) is 19.5 Å². The number of fused-ring (bicyclic) bond motifs is 1. The highest BCUT2D eigenvalue weighted by Crippen LogP contribution is 2.51. The quantitative estimate of drug-likeness (QED) is 0.510. The lowest BCUT2D eigenvalue weighted by Gasteiger charge is -2.47. The van der Waals surface area contributed by atoms with Crippen LogP contribution in [0.1, 0.15) is 81.1 Å². The van der Waals surface area contributed by atoms with Crippen molar-refractivity contribution >= 4 is 29.5 Å². The van der Waals surface area contributed by atoms with E-state index in [0.717, 1.165) is 12.8 Å². The van der Waals surface area contributed by atoms with Crippen LogP contribution in [-0.2, 0) is 19.1 Å². The highest BCUT2D eigenvalue weighted by atomic mass is 32.2. The molecule has 2 saturated heterocycles. The minimum atomic E-state index is -1.03. The largest absolute Gasteiger partial charge is 0.480 e. The second kappa shape index (κ2) is 9.40. The molecule has 2 heterocycles. The van der Waals surface area contributed by atoms with Crippen LogP contribution in [0, 0.1) is 23.7 Å². The normalized spacial score (nSPS) is 35.2. The third-order valence-electron chi connectivity index (χ3n) is 8.13. The van der Waals surface area contributed by atoms with Crippen LogP contribution >= 0.6 is 11.8 Å². The maximum Gasteiger partial charge on any atom is 0.327 e. The van der Waals surface area contributed by atoms with Gasteiger partial charge >= 0.3 is 5.97 Å². The first-order chi connectivity index (χ1) is 15.3. The van der Waals surface area contributed by atoms with Crippen molar-refractivity contribution in [1.29, 1.82) is 0 Å². The predicted molar refractivity (Wildman–Crippen MR) is 130 cm³/mol. The van der Waals surface area contributed by atoms with E-state index in [2.05, 4.69) is 26.1 Å². The van der Waals surface area contributed by atoms with Crippen molar-refractivity contribution in [3.8, 4) is 0 Å². The number of carbonyl (C=O) groups excluding carboxylic acids is 2. The number of aliphatic carboxylic acids is 1. The van der Waals surface area contributed by atoms with E-state index in [-0.39, 0.29) is 29.2 Å². The van der Waals surface area contributed by atoms with Gasteiger partial charge in [-0.3, -0.25) is 9.59 Å². The predicted octanol–water partition coefficient (Wildman–Crippen LogP) is 3.90. The summed E-state index contributed by atoms with van der Waals surface area (Å²) in [7, 11) is 0. The van der Waals surface area contributed by atoms with E-state index in [1.807, 2.05) is 34.6 Å². The minimum Gasteiger partial charge on any atom is -0.480 e. The smallest absolute Gasteiger partial charge is 0.327 e. The third-order valence-corrected chi connectivity index (χ3v) is 9.70. The topological polar surface area (TPSA) is 95.9 Å². The molecule has 0 bridgehead atoms. The van der Waals surface area contributed by atoms with E-state index in [1.165, 1.54) is 23.1 Å². The maximum atomic E-state index is 13.8. The molecule has 1 aliphatic carbocycles. The summed E-state index contributed by atoms with van der Waals surface area (Å²) in [6, 6.07) is -1.61. The van der Waals surface area contributed by atoms with Crippen LogP contribution in [0.2, 0.25) is 0 Å². The van der Waals surface area contributed by atoms with Gasteiger partial charge in [0.1, 0.15) is 23.1 Å². The summed E-state index contributed by atoms with van der Waals surface area (Å²) in [5, 5.41) is 12.3. The number of carbonyl (C=O) groups is 3. The van der Waals surface area contributed by atoms with Crippen molar-refractivity contribution in [2.45, 2.75) is 115 Å². The molecule has 7 atom stereocenters. The molecule has 1 saturated carbocycles. The molecule has 2 amide bonds. The van der Waals surface area contributed by atoms with Crippen LogP contribution in [0.25, 0.3) is 0 Å². The summed E-state index contributed by atoms with van der Waals surface area (Å²) >= 11 is 1.44. The number of hydrogen-bond acceptors (Lipinski definition) is 5. The number of thioether (sulfide) groups is 1. The fraction of sp³-hybridized carbons (Fsp3) is 0.880. The second-order valence-corrected chi connectivity index (χ2v) is 13.2. The van der Waals surface area contributed by atoms with Crippen LogP contribution in [0.15, 0.2) is 0 Å². The molecule has 3 rings (SSSR count). The molecule has 0 spiro atoms. The number of carboxylic acids is 1. The number of nitrogens with one attached hydrogen (secondary N) is 1. The Labute approximate surface area is 202 Å². The van der Waals surface area contributed by atoms with E-state index >= 15 is 0 Å². The van der Waals surface area contributed by atoms with E-state index in [4.69, 9.17) is 4.74 Å². The Kier molecular flexibility index (Phi) is 7.50. The first-order valence-electron chi connectivity index (χ1n) is 12.5. The Morgan fingerprint density at radius 3 is 2.42 bits per heavy atom. The number of nitrogens with zero attached hydrogens (tertiary/aromatic N) is 1. The first-order valence-corrected chi connectivity index (χ1v) is 13.4. The molecule has 33 heavy (non-hydrogen) atoms. The number of hydrogen-bond donors (Lipinski definition) is 2. The molecule has 7 nitrogen and oxygen atoms in total. The SMILES string of the molecule is CC[C@@](O[C@@H]1C[C@H](C)CC[C@@H]1C(C)C)(C(=O)N[C@@H]1C(=O)N2[C@@H]1SC(C)(C)[C@H]2C(=O)O)C(C)C. The van der Waals surface area contributed by atoms with Crippen LogP contribution in [0.5, 0.6) is 0 Å². The third kappa shape index (κ3) is 4.54. The van der Waals surface area contributed by atoms with Crippen LogP contribution in [0.3, 0.4) is 0 Å². The molecule has 2 aliphatic heterocycles. The van der Waals surface area contributed by atoms with Crippen LogP contribution < -0.4 is 5.32 Å². The van der Waals surface area contributed by atoms with E-state index < -0.39 is 28.4 Å². The zero-order valence-electron chi connectivity index (χ0n) is 21.4. The molecule has 0 aromatic rings. The van der Waals surface area contributed by atoms with Crippen molar-refractivity contribution in [2.75, 3.05) is 0 Å². The lowest BCUT2D eigenvalue weighted by atomic mass is 9.74. The molecule has 188 valence electrons. The molecule has 3 aliphatic rings. The second-order valence-electron chi connectivity index (χ2n) is 11.4. The fourth-order valence-corrected chi connectivity index (χ4v) is 7.66. The molecule has 0 unspecified atom stereocenters. The van der Waals surface area contributed by atoms with Crippen molar-refractivity contribution in [1.82, 2.24) is 10.2 Å². The summed E-state index contributed by atoms with van der Waals surface area (Å²) in [4.78, 5) is 39.9. The average Bonchev–Trinajstić information content (AvgIpc) is 2.97. The van der Waals surface area contributed by atoms with E-state index in [0.29, 0.717) is 24.2 Å². The Hall–Kier alpha value is -1.28. The van der Waals surface area contributed by atoms with Gasteiger partial charge in [-0.25, -0.2) is 4.79 Å². The van der Waals surface area contributed by atoms with Gasteiger partial charge in [-0.05, 0) is 56.8 Å². The van der Waals surface area contributed by atoms with Crippen molar-refractivity contribution < 1.29 is 24.2 Å². The molecule has 0 radical (unpaired) electrons. The van der Waals surface area contributed by atoms with Gasteiger partial charge in [-0.15, -0.1) is 11.8 Å². The van der Waals surface area contributed by atoms with Crippen LogP contribution in [-0.4, -0.2) is 61.7 Å². The van der Waals surface area contributed by atoms with Gasteiger partial charge in [0, 0.05) is 4.75 Å². The summed E-state index contributed by atoms with van der Waals surface area (Å²) in [5.74, 6) is -0.219. The fourth-order valence-electron chi connectivity index (χ4n) is 6.03. The Morgan fingerprint density at radius 1 is 1.27 bits per heavy atom. The highest BCUT2D eigenvalue weighted by molar-refractivity contribution is 8.01. The van der Waals surface area contributed by atoms with Gasteiger partial charge < -0.3 is 20.1 Å². The minimum absolute atomic E-state index is 0.00613. The number of rotatable bonds is 8. The Morgan fingerprint density at radius 2 is 1.91 bits per heavy atom. The van der Waals surface area contributed by atoms with E-state index in [1.54, 1.807) is 0 Å². The zero-order valence-corrected chi connectivity index (χ0v) is 22.2. The highest BCUT2D eigenvalue weighted by Gasteiger charge is 2.64. The van der Waals surface area contributed by atoms with Crippen molar-refractivity contribution in [3.63, 3.8) is 0 Å². The van der Waals surface area contributed by atoms with Gasteiger partial charge in [0.25, 0.3) is 5.91 Å². The summed E-state index contributed by atoms with van der Waals surface area (Å²) < 4.78 is 6.15. The molecule has 3 fully saturated rings. The lowest BCUT2D eigenvalue weighted by molar-refractivity contribution is -0.184. The van der Waals surface area contributed by atoms with Gasteiger partial charge in [0.15, 0.2) is 0 Å². The summed E-state index contributed by atoms with van der Waals surface area (Å²) in [5.41, 5.74) is -1.03. The Bertz CT molecular complexity index is 785. The summed E-state index contributed by atoms with van der Waals surface area (Å²) in [6.07, 6.45) is 3.74. The molecule has 2 N–H and O–H groups in total. The molecular weight excluding hydrogens is 440 g/mol. The number of amides is 2. The molecular formula is C25H42N2O5S. The number of β-lactam (4-membered cyclic amide) rings is 1. The van der Waals surface area contributed by atoms with Gasteiger partial charge in [-0.2, -0.15) is 0 Å². The molecule has 8 heteroatoms. The standard InChI is InChI=1S/C25H42N2O5S/c1-9-25(14(4)5,32-17-12-15(6)10-11-16(17)13(2)3)23(31)26-18-20(28)27-19(22(29)30)24(7,8)33-21(18)27/h13-19,21H,9-12H2,1-8H3,(H,26,31)(H,29,30)/t15-,16-,17-,18-,19-,21-,25+/m1/s1. The zero-order chi connectivity index (χ0) is 24.9. The van der Waals surface area contributed by atoms with Crippen molar-refractivity contribution in [3.05, 3.63) is 0 Å². The first kappa shape index (κ1) is 26.3. The Balaban J connectivity index is 1.81.